The van der Waals surface area contributed by atoms with Crippen molar-refractivity contribution < 1.29 is 9.53 Å². The number of nitrogens with one attached hydrogen (secondary N) is 1. The van der Waals surface area contributed by atoms with Crippen molar-refractivity contribution in [3.05, 3.63) is 29.8 Å². The summed E-state index contributed by atoms with van der Waals surface area (Å²) < 4.78 is 6.38. The normalized spacial score (nSPS) is 18.4. The molecule has 1 amide bonds. The first-order chi connectivity index (χ1) is 12.0. The van der Waals surface area contributed by atoms with Crippen LogP contribution < -0.4 is 5.32 Å². The molecule has 136 valence electrons. The molecule has 1 saturated heterocycles. The molecule has 1 aromatic carbocycles. The van der Waals surface area contributed by atoms with Gasteiger partial charge in [-0.05, 0) is 25.5 Å². The SMILES string of the molecule is CC(C)(CNC(=O)CSC1=Nc2ccccc2CS1)N1CCOCC1. The number of aliphatic imine (C=N–C) groups is 1. The molecule has 0 aliphatic carbocycles. The molecular weight excluding hydrogens is 354 g/mol. The van der Waals surface area contributed by atoms with Crippen molar-refractivity contribution in [1.82, 2.24) is 10.2 Å². The summed E-state index contributed by atoms with van der Waals surface area (Å²) in [6, 6.07) is 8.17. The molecule has 0 radical (unpaired) electrons. The standard InChI is InChI=1S/C18H25N3O2S2/c1-18(2,21-7-9-23-10-8-21)13-19-16(22)12-25-17-20-15-6-4-3-5-14(15)11-24-17/h3-6H,7-13H2,1-2H3,(H,19,22). The second kappa shape index (κ2) is 8.58. The zero-order chi connectivity index (χ0) is 17.7. The number of benzene rings is 1. The summed E-state index contributed by atoms with van der Waals surface area (Å²) in [6.07, 6.45) is 0. The second-order valence-corrected chi connectivity index (χ2v) is 8.96. The fourth-order valence-corrected chi connectivity index (χ4v) is 4.75. The zero-order valence-corrected chi connectivity index (χ0v) is 16.4. The van der Waals surface area contributed by atoms with Gasteiger partial charge in [-0.25, -0.2) is 4.99 Å². The number of carbonyl (C=O) groups excluding carboxylic acids is 1. The molecule has 0 bridgehead atoms. The molecule has 0 unspecified atom stereocenters. The van der Waals surface area contributed by atoms with Crippen LogP contribution in [0.25, 0.3) is 0 Å². The van der Waals surface area contributed by atoms with E-state index in [1.54, 1.807) is 11.8 Å². The molecule has 2 aliphatic rings. The average Bonchev–Trinajstić information content (AvgIpc) is 2.65. The molecule has 25 heavy (non-hydrogen) atoms. The number of fused-ring (bicyclic) bond motifs is 1. The first-order valence-corrected chi connectivity index (χ1v) is 10.5. The van der Waals surface area contributed by atoms with Crippen LogP contribution >= 0.6 is 23.5 Å². The molecule has 0 spiro atoms. The van der Waals surface area contributed by atoms with E-state index in [9.17, 15) is 4.79 Å². The highest BCUT2D eigenvalue weighted by Gasteiger charge is 2.28. The van der Waals surface area contributed by atoms with Gasteiger partial charge < -0.3 is 10.1 Å². The summed E-state index contributed by atoms with van der Waals surface area (Å²) >= 11 is 3.23. The Morgan fingerprint density at radius 1 is 1.36 bits per heavy atom. The number of para-hydroxylation sites is 1. The van der Waals surface area contributed by atoms with Crippen molar-refractivity contribution in [2.24, 2.45) is 4.99 Å². The number of morpholine rings is 1. The van der Waals surface area contributed by atoms with Gasteiger partial charge in [0.1, 0.15) is 4.38 Å². The molecule has 2 aliphatic heterocycles. The number of hydrogen-bond donors (Lipinski definition) is 1. The van der Waals surface area contributed by atoms with Crippen LogP contribution in [0.4, 0.5) is 5.69 Å². The van der Waals surface area contributed by atoms with Crippen LogP contribution in [0.3, 0.4) is 0 Å². The van der Waals surface area contributed by atoms with E-state index in [2.05, 4.69) is 35.1 Å². The maximum Gasteiger partial charge on any atom is 0.230 e. The highest BCUT2D eigenvalue weighted by molar-refractivity contribution is 8.38. The number of thioether (sulfide) groups is 2. The molecule has 1 N–H and O–H groups in total. The van der Waals surface area contributed by atoms with Crippen LogP contribution in [0, 0.1) is 0 Å². The van der Waals surface area contributed by atoms with E-state index in [0.717, 1.165) is 42.1 Å². The Morgan fingerprint density at radius 2 is 2.12 bits per heavy atom. The van der Waals surface area contributed by atoms with E-state index in [1.165, 1.54) is 17.3 Å². The molecule has 1 aromatic rings. The fraction of sp³-hybridized carbons (Fsp3) is 0.556. The minimum absolute atomic E-state index is 0.0554. The number of hydrogen-bond acceptors (Lipinski definition) is 6. The first kappa shape index (κ1) is 18.8. The molecule has 0 saturated carbocycles. The van der Waals surface area contributed by atoms with Crippen LogP contribution in [0.2, 0.25) is 0 Å². The molecule has 2 heterocycles. The van der Waals surface area contributed by atoms with E-state index in [0.29, 0.717) is 12.3 Å². The third kappa shape index (κ3) is 5.23. The lowest BCUT2D eigenvalue weighted by Crippen LogP contribution is -2.55. The van der Waals surface area contributed by atoms with Gasteiger partial charge in [-0.1, -0.05) is 41.7 Å². The Labute approximate surface area is 158 Å². The quantitative estimate of drug-likeness (QED) is 0.853. The monoisotopic (exact) mass is 379 g/mol. The van der Waals surface area contributed by atoms with Gasteiger partial charge >= 0.3 is 0 Å². The van der Waals surface area contributed by atoms with Gasteiger partial charge in [0.2, 0.25) is 5.91 Å². The van der Waals surface area contributed by atoms with Gasteiger partial charge in [-0.15, -0.1) is 0 Å². The van der Waals surface area contributed by atoms with Crippen molar-refractivity contribution in [3.63, 3.8) is 0 Å². The Hall–Kier alpha value is -1.02. The van der Waals surface area contributed by atoms with Crippen molar-refractivity contribution in [1.29, 1.82) is 0 Å². The minimum atomic E-state index is -0.0554. The fourth-order valence-electron chi connectivity index (χ4n) is 2.86. The zero-order valence-electron chi connectivity index (χ0n) is 14.8. The topological polar surface area (TPSA) is 53.9 Å². The van der Waals surface area contributed by atoms with E-state index in [-0.39, 0.29) is 11.4 Å². The van der Waals surface area contributed by atoms with Gasteiger partial charge in [-0.3, -0.25) is 9.69 Å². The first-order valence-electron chi connectivity index (χ1n) is 8.56. The van der Waals surface area contributed by atoms with Crippen LogP contribution in [0.1, 0.15) is 19.4 Å². The van der Waals surface area contributed by atoms with Crippen molar-refractivity contribution in [2.75, 3.05) is 38.6 Å². The largest absolute Gasteiger partial charge is 0.379 e. The van der Waals surface area contributed by atoms with Crippen molar-refractivity contribution >= 4 is 39.5 Å². The van der Waals surface area contributed by atoms with Crippen LogP contribution in [-0.4, -0.2) is 59.3 Å². The summed E-state index contributed by atoms with van der Waals surface area (Å²) in [5.41, 5.74) is 2.23. The van der Waals surface area contributed by atoms with Crippen LogP contribution in [-0.2, 0) is 15.3 Å². The Bertz CT molecular complexity index is 643. The van der Waals surface area contributed by atoms with Gasteiger partial charge in [0.05, 0.1) is 24.7 Å². The summed E-state index contributed by atoms with van der Waals surface area (Å²) in [4.78, 5) is 19.2. The van der Waals surface area contributed by atoms with Crippen LogP contribution in [0.5, 0.6) is 0 Å². The van der Waals surface area contributed by atoms with Crippen LogP contribution in [0.15, 0.2) is 29.3 Å². The van der Waals surface area contributed by atoms with E-state index >= 15 is 0 Å². The maximum absolute atomic E-state index is 12.2. The van der Waals surface area contributed by atoms with Crippen molar-refractivity contribution in [2.45, 2.75) is 25.1 Å². The van der Waals surface area contributed by atoms with Gasteiger partial charge in [-0.2, -0.15) is 0 Å². The van der Waals surface area contributed by atoms with Gasteiger partial charge in [0, 0.05) is 30.9 Å². The smallest absolute Gasteiger partial charge is 0.230 e. The highest BCUT2D eigenvalue weighted by Crippen LogP contribution is 2.34. The van der Waals surface area contributed by atoms with E-state index in [1.807, 2.05) is 18.2 Å². The number of ether oxygens (including phenoxy) is 1. The molecule has 0 atom stereocenters. The molecule has 0 aromatic heterocycles. The summed E-state index contributed by atoms with van der Waals surface area (Å²) in [7, 11) is 0. The van der Waals surface area contributed by atoms with E-state index in [4.69, 9.17) is 4.74 Å². The number of amides is 1. The predicted molar refractivity (Wildman–Crippen MR) is 107 cm³/mol. The highest BCUT2D eigenvalue weighted by atomic mass is 32.2. The summed E-state index contributed by atoms with van der Waals surface area (Å²) in [5, 5.41) is 3.07. The minimum Gasteiger partial charge on any atom is -0.379 e. The van der Waals surface area contributed by atoms with Gasteiger partial charge in [0.15, 0.2) is 0 Å². The lowest BCUT2D eigenvalue weighted by Gasteiger charge is -2.40. The molecule has 5 nitrogen and oxygen atoms in total. The Kier molecular flexibility index (Phi) is 6.44. The molecular formula is C18H25N3O2S2. The average molecular weight is 380 g/mol. The lowest BCUT2D eigenvalue weighted by atomic mass is 10.0. The Morgan fingerprint density at radius 3 is 2.92 bits per heavy atom. The van der Waals surface area contributed by atoms with E-state index < -0.39 is 0 Å². The summed E-state index contributed by atoms with van der Waals surface area (Å²) in [5.74, 6) is 1.40. The second-order valence-electron chi connectivity index (χ2n) is 6.77. The lowest BCUT2D eigenvalue weighted by molar-refractivity contribution is -0.119. The maximum atomic E-state index is 12.2. The number of rotatable bonds is 5. The number of carbonyl (C=O) groups is 1. The predicted octanol–water partition coefficient (Wildman–Crippen LogP) is 2.88. The molecule has 1 fully saturated rings. The van der Waals surface area contributed by atoms with Gasteiger partial charge in [0.25, 0.3) is 0 Å². The number of nitrogens with zero attached hydrogens (tertiary/aromatic N) is 2. The third-order valence-corrected chi connectivity index (χ3v) is 6.71. The molecule has 3 rings (SSSR count). The summed E-state index contributed by atoms with van der Waals surface area (Å²) in [6.45, 7) is 8.37. The third-order valence-electron chi connectivity index (χ3n) is 4.47. The Balaban J connectivity index is 1.45. The molecule has 7 heteroatoms. The van der Waals surface area contributed by atoms with Crippen molar-refractivity contribution in [3.8, 4) is 0 Å².